The summed E-state index contributed by atoms with van der Waals surface area (Å²) < 4.78 is 10.4. The molecule has 18 heavy (non-hydrogen) atoms. The number of anilines is 1. The summed E-state index contributed by atoms with van der Waals surface area (Å²) in [5, 5.41) is 12.2. The zero-order chi connectivity index (χ0) is 13.1. The molecule has 1 atom stereocenters. The van der Waals surface area contributed by atoms with Gasteiger partial charge in [0.15, 0.2) is 11.5 Å². The third-order valence-corrected chi connectivity index (χ3v) is 2.55. The lowest BCUT2D eigenvalue weighted by Crippen LogP contribution is -2.15. The van der Waals surface area contributed by atoms with Crippen LogP contribution in [0, 0.1) is 0 Å². The maximum absolute atomic E-state index is 9.21. The number of aliphatic hydroxyl groups excluding tert-OH is 1. The SMILES string of the molecule is COc1cc2nc(NCC(C)O)[nH]c2cc1OC. The molecule has 0 spiro atoms. The number of aliphatic hydroxyl groups is 1. The van der Waals surface area contributed by atoms with E-state index in [0.29, 0.717) is 24.0 Å². The molecule has 0 saturated carbocycles. The van der Waals surface area contributed by atoms with Crippen LogP contribution in [0.3, 0.4) is 0 Å². The number of nitrogens with zero attached hydrogens (tertiary/aromatic N) is 1. The van der Waals surface area contributed by atoms with Crippen LogP contribution in [0.15, 0.2) is 12.1 Å². The molecule has 0 bridgehead atoms. The van der Waals surface area contributed by atoms with Gasteiger partial charge in [0.2, 0.25) is 5.95 Å². The highest BCUT2D eigenvalue weighted by molar-refractivity contribution is 5.81. The van der Waals surface area contributed by atoms with E-state index in [2.05, 4.69) is 15.3 Å². The van der Waals surface area contributed by atoms with Crippen molar-refractivity contribution in [3.05, 3.63) is 12.1 Å². The molecule has 6 heteroatoms. The van der Waals surface area contributed by atoms with E-state index in [1.807, 2.05) is 6.07 Å². The number of hydrogen-bond donors (Lipinski definition) is 3. The normalized spacial score (nSPS) is 12.4. The molecule has 1 heterocycles. The van der Waals surface area contributed by atoms with Crippen LogP contribution < -0.4 is 14.8 Å². The summed E-state index contributed by atoms with van der Waals surface area (Å²) in [6.07, 6.45) is -0.428. The van der Waals surface area contributed by atoms with Crippen LogP contribution >= 0.6 is 0 Å². The van der Waals surface area contributed by atoms with Crippen molar-refractivity contribution in [2.45, 2.75) is 13.0 Å². The number of ether oxygens (including phenoxy) is 2. The molecule has 0 aliphatic carbocycles. The van der Waals surface area contributed by atoms with Gasteiger partial charge < -0.3 is 24.9 Å². The van der Waals surface area contributed by atoms with E-state index >= 15 is 0 Å². The summed E-state index contributed by atoms with van der Waals surface area (Å²) in [4.78, 5) is 7.46. The molecule has 1 aromatic heterocycles. The van der Waals surface area contributed by atoms with Crippen molar-refractivity contribution in [1.82, 2.24) is 9.97 Å². The summed E-state index contributed by atoms with van der Waals surface area (Å²) >= 11 is 0. The monoisotopic (exact) mass is 251 g/mol. The summed E-state index contributed by atoms with van der Waals surface area (Å²) in [5.41, 5.74) is 1.63. The average molecular weight is 251 g/mol. The van der Waals surface area contributed by atoms with Crippen LogP contribution in [0.25, 0.3) is 11.0 Å². The summed E-state index contributed by atoms with van der Waals surface area (Å²) in [6.45, 7) is 2.15. The lowest BCUT2D eigenvalue weighted by molar-refractivity contribution is 0.208. The highest BCUT2D eigenvalue weighted by atomic mass is 16.5. The van der Waals surface area contributed by atoms with Crippen LogP contribution in [0.5, 0.6) is 11.5 Å². The van der Waals surface area contributed by atoms with E-state index < -0.39 is 6.10 Å². The summed E-state index contributed by atoms with van der Waals surface area (Å²) in [5.74, 6) is 1.90. The third kappa shape index (κ3) is 2.48. The van der Waals surface area contributed by atoms with Gasteiger partial charge in [-0.1, -0.05) is 0 Å². The van der Waals surface area contributed by atoms with Gasteiger partial charge >= 0.3 is 0 Å². The Morgan fingerprint density at radius 1 is 1.33 bits per heavy atom. The minimum absolute atomic E-state index is 0.428. The Balaban J connectivity index is 2.32. The fourth-order valence-corrected chi connectivity index (χ4v) is 1.66. The van der Waals surface area contributed by atoms with Crippen molar-refractivity contribution < 1.29 is 14.6 Å². The molecule has 3 N–H and O–H groups in total. The number of aromatic amines is 1. The highest BCUT2D eigenvalue weighted by Gasteiger charge is 2.09. The molecule has 0 aliphatic rings. The maximum atomic E-state index is 9.21. The fraction of sp³-hybridized carbons (Fsp3) is 0.417. The molecule has 0 saturated heterocycles. The minimum Gasteiger partial charge on any atom is -0.493 e. The van der Waals surface area contributed by atoms with Crippen LogP contribution in [0.2, 0.25) is 0 Å². The number of nitrogens with one attached hydrogen (secondary N) is 2. The number of benzene rings is 1. The average Bonchev–Trinajstić information content (AvgIpc) is 2.76. The molecule has 0 aliphatic heterocycles. The second kappa shape index (κ2) is 5.14. The number of H-pyrrole nitrogens is 1. The van der Waals surface area contributed by atoms with Gasteiger partial charge in [-0.2, -0.15) is 0 Å². The molecule has 2 rings (SSSR count). The van der Waals surface area contributed by atoms with Crippen LogP contribution in [0.1, 0.15) is 6.92 Å². The topological polar surface area (TPSA) is 79.4 Å². The Bertz CT molecular complexity index is 496. The standard InChI is InChI=1S/C12H17N3O3/c1-7(16)6-13-12-14-8-4-10(17-2)11(18-3)5-9(8)15-12/h4-5,7,16H,6H2,1-3H3,(H2,13,14,15). The summed E-state index contributed by atoms with van der Waals surface area (Å²) in [7, 11) is 3.18. The molecule has 98 valence electrons. The van der Waals surface area contributed by atoms with Gasteiger partial charge in [0.25, 0.3) is 0 Å². The van der Waals surface area contributed by atoms with Gasteiger partial charge in [-0.25, -0.2) is 4.98 Å². The van der Waals surface area contributed by atoms with Crippen LogP contribution in [0.4, 0.5) is 5.95 Å². The Morgan fingerprint density at radius 3 is 2.61 bits per heavy atom. The molecular formula is C12H17N3O3. The highest BCUT2D eigenvalue weighted by Crippen LogP contribution is 2.31. The second-order valence-electron chi connectivity index (χ2n) is 4.04. The zero-order valence-corrected chi connectivity index (χ0v) is 10.7. The first-order valence-corrected chi connectivity index (χ1v) is 5.67. The molecule has 2 aromatic rings. The zero-order valence-electron chi connectivity index (χ0n) is 10.7. The lowest BCUT2D eigenvalue weighted by atomic mass is 10.3. The van der Waals surface area contributed by atoms with Crippen molar-refractivity contribution in [2.24, 2.45) is 0 Å². The van der Waals surface area contributed by atoms with Crippen LogP contribution in [-0.4, -0.2) is 41.9 Å². The third-order valence-electron chi connectivity index (χ3n) is 2.55. The van der Waals surface area contributed by atoms with E-state index in [-0.39, 0.29) is 0 Å². The molecular weight excluding hydrogens is 234 g/mol. The number of fused-ring (bicyclic) bond motifs is 1. The number of aromatic nitrogens is 2. The lowest BCUT2D eigenvalue weighted by Gasteiger charge is -2.06. The van der Waals surface area contributed by atoms with E-state index in [9.17, 15) is 5.11 Å². The number of hydrogen-bond acceptors (Lipinski definition) is 5. The fourth-order valence-electron chi connectivity index (χ4n) is 1.66. The molecule has 6 nitrogen and oxygen atoms in total. The van der Waals surface area contributed by atoms with Crippen LogP contribution in [-0.2, 0) is 0 Å². The predicted octanol–water partition coefficient (Wildman–Crippen LogP) is 1.37. The summed E-state index contributed by atoms with van der Waals surface area (Å²) in [6, 6.07) is 3.63. The predicted molar refractivity (Wildman–Crippen MR) is 69.4 cm³/mol. The van der Waals surface area contributed by atoms with E-state index in [1.54, 1.807) is 27.2 Å². The van der Waals surface area contributed by atoms with Crippen molar-refractivity contribution in [3.8, 4) is 11.5 Å². The largest absolute Gasteiger partial charge is 0.493 e. The minimum atomic E-state index is -0.428. The first-order valence-electron chi connectivity index (χ1n) is 5.67. The molecule has 1 aromatic carbocycles. The van der Waals surface area contributed by atoms with Gasteiger partial charge in [0.05, 0.1) is 31.4 Å². The Hall–Kier alpha value is -1.95. The quantitative estimate of drug-likeness (QED) is 0.748. The van der Waals surface area contributed by atoms with Gasteiger partial charge in [0, 0.05) is 18.7 Å². The first-order chi connectivity index (χ1) is 8.63. The van der Waals surface area contributed by atoms with Crippen molar-refractivity contribution in [3.63, 3.8) is 0 Å². The maximum Gasteiger partial charge on any atom is 0.201 e. The van der Waals surface area contributed by atoms with Crippen molar-refractivity contribution in [2.75, 3.05) is 26.1 Å². The smallest absolute Gasteiger partial charge is 0.201 e. The van der Waals surface area contributed by atoms with Gasteiger partial charge in [-0.15, -0.1) is 0 Å². The van der Waals surface area contributed by atoms with Crippen molar-refractivity contribution >= 4 is 17.0 Å². The van der Waals surface area contributed by atoms with E-state index in [0.717, 1.165) is 11.0 Å². The second-order valence-corrected chi connectivity index (χ2v) is 4.04. The number of rotatable bonds is 5. The number of methoxy groups -OCH3 is 2. The Morgan fingerprint density at radius 2 is 2.00 bits per heavy atom. The Kier molecular flexibility index (Phi) is 3.57. The Labute approximate surface area is 105 Å². The van der Waals surface area contributed by atoms with E-state index in [1.165, 1.54) is 0 Å². The molecule has 0 fully saturated rings. The molecule has 0 radical (unpaired) electrons. The molecule has 0 amide bonds. The number of imidazole rings is 1. The van der Waals surface area contributed by atoms with Crippen molar-refractivity contribution in [1.29, 1.82) is 0 Å². The van der Waals surface area contributed by atoms with Gasteiger partial charge in [-0.05, 0) is 6.92 Å². The first kappa shape index (κ1) is 12.5. The van der Waals surface area contributed by atoms with Gasteiger partial charge in [0.1, 0.15) is 0 Å². The molecule has 1 unspecified atom stereocenters. The van der Waals surface area contributed by atoms with E-state index in [4.69, 9.17) is 9.47 Å². The van der Waals surface area contributed by atoms with Gasteiger partial charge in [-0.3, -0.25) is 0 Å².